The van der Waals surface area contributed by atoms with Gasteiger partial charge in [0.25, 0.3) is 0 Å². The van der Waals surface area contributed by atoms with Gasteiger partial charge in [-0.3, -0.25) is 23.7 Å². The lowest BCUT2D eigenvalue weighted by atomic mass is 9.87. The molecule has 1 aromatic carbocycles. The second-order valence-electron chi connectivity index (χ2n) is 9.90. The summed E-state index contributed by atoms with van der Waals surface area (Å²) >= 11 is 3.75. The van der Waals surface area contributed by atoms with Gasteiger partial charge in [0.05, 0.1) is 28.8 Å². The van der Waals surface area contributed by atoms with E-state index < -0.39 is 23.1 Å². The van der Waals surface area contributed by atoms with Gasteiger partial charge in [-0.15, -0.1) is 11.3 Å². The third kappa shape index (κ3) is 4.61. The van der Waals surface area contributed by atoms with E-state index in [9.17, 15) is 24.0 Å². The molecule has 0 spiro atoms. The summed E-state index contributed by atoms with van der Waals surface area (Å²) in [4.78, 5) is 70.5. The number of thiophene rings is 1. The fourth-order valence-electron chi connectivity index (χ4n) is 5.62. The number of carbonyl (C=O) groups is 4. The number of piperidine rings is 1. The lowest BCUT2D eigenvalue weighted by Gasteiger charge is -2.30. The number of anilines is 1. The molecule has 0 saturated carbocycles. The molecule has 3 aromatic rings. The molecule has 6 rings (SSSR count). The Morgan fingerprint density at radius 3 is 2.42 bits per heavy atom. The first-order chi connectivity index (χ1) is 19.4. The Balaban J connectivity index is 1.36. The van der Waals surface area contributed by atoms with Crippen LogP contribution in [0.5, 0.6) is 0 Å². The Kier molecular flexibility index (Phi) is 7.41. The predicted molar refractivity (Wildman–Crippen MR) is 153 cm³/mol. The maximum Gasteiger partial charge on any atom is 0.338 e. The highest BCUT2D eigenvalue weighted by molar-refractivity contribution is 8.00. The van der Waals surface area contributed by atoms with Crippen LogP contribution in [-0.4, -0.2) is 58.1 Å². The van der Waals surface area contributed by atoms with Gasteiger partial charge in [-0.25, -0.2) is 9.69 Å². The molecule has 2 aromatic heterocycles. The van der Waals surface area contributed by atoms with Crippen molar-refractivity contribution in [1.29, 1.82) is 0 Å². The van der Waals surface area contributed by atoms with Gasteiger partial charge < -0.3 is 9.64 Å². The smallest absolute Gasteiger partial charge is 0.338 e. The highest BCUT2D eigenvalue weighted by Gasteiger charge is 2.57. The summed E-state index contributed by atoms with van der Waals surface area (Å²) in [6, 6.07) is 10.1. The molecule has 3 atom stereocenters. The quantitative estimate of drug-likeness (QED) is 0.313. The zero-order valence-electron chi connectivity index (χ0n) is 21.7. The molecule has 2 saturated heterocycles. The van der Waals surface area contributed by atoms with E-state index in [0.717, 1.165) is 40.4 Å². The van der Waals surface area contributed by atoms with Crippen molar-refractivity contribution in [3.63, 3.8) is 0 Å². The summed E-state index contributed by atoms with van der Waals surface area (Å²) in [7, 11) is 0. The van der Waals surface area contributed by atoms with E-state index in [0.29, 0.717) is 29.4 Å². The molecule has 5 heterocycles. The molecule has 0 aliphatic carbocycles. The van der Waals surface area contributed by atoms with E-state index in [2.05, 4.69) is 0 Å². The minimum absolute atomic E-state index is 0.0760. The minimum atomic E-state index is -0.748. The molecular weight excluding hydrogens is 571 g/mol. The number of hydrogen-bond acceptors (Lipinski definition) is 9. The number of ether oxygens (including phenoxy) is 1. The number of thiazole rings is 1. The molecular formula is C28H27N3O6S3. The molecule has 12 heteroatoms. The van der Waals surface area contributed by atoms with E-state index >= 15 is 0 Å². The van der Waals surface area contributed by atoms with Crippen LogP contribution in [0.2, 0.25) is 0 Å². The number of aromatic nitrogens is 1. The fraction of sp³-hybridized carbons (Fsp3) is 0.393. The molecule has 3 aliphatic rings. The zero-order chi connectivity index (χ0) is 28.0. The van der Waals surface area contributed by atoms with Crippen LogP contribution < -0.4 is 9.77 Å². The molecule has 3 aliphatic heterocycles. The third-order valence-electron chi connectivity index (χ3n) is 7.54. The highest BCUT2D eigenvalue weighted by Crippen LogP contribution is 2.54. The van der Waals surface area contributed by atoms with E-state index in [-0.39, 0.29) is 35.7 Å². The number of thioether (sulfide) groups is 1. The molecule has 3 unspecified atom stereocenters. The monoisotopic (exact) mass is 597 g/mol. The van der Waals surface area contributed by atoms with Gasteiger partial charge in [0.2, 0.25) is 17.7 Å². The summed E-state index contributed by atoms with van der Waals surface area (Å²) in [5.74, 6) is -2.45. The van der Waals surface area contributed by atoms with Crippen molar-refractivity contribution in [1.82, 2.24) is 9.47 Å². The minimum Gasteiger partial charge on any atom is -0.462 e. The van der Waals surface area contributed by atoms with Crippen LogP contribution in [-0.2, 0) is 25.7 Å². The standard InChI is InChI=1S/C28H27N3O6S3/c1-2-37-27(35)16-8-10-17(11-9-16)31-24(33)21-20(18-7-6-14-38-18)23-26(39-22(21)25(31)34)30(28(36)40-23)15-19(32)29-12-4-3-5-13-29/h6-11,14,20-22H,2-5,12-13,15H2,1H3. The third-order valence-corrected chi connectivity index (χ3v) is 11.1. The van der Waals surface area contributed by atoms with Crippen LogP contribution >= 0.6 is 34.4 Å². The number of nitrogens with zero attached hydrogens (tertiary/aromatic N) is 3. The van der Waals surface area contributed by atoms with E-state index in [4.69, 9.17) is 4.74 Å². The molecule has 9 nitrogen and oxygen atoms in total. The molecule has 0 bridgehead atoms. The van der Waals surface area contributed by atoms with Crippen molar-refractivity contribution < 1.29 is 23.9 Å². The Morgan fingerprint density at radius 1 is 1.00 bits per heavy atom. The number of carbonyl (C=O) groups excluding carboxylic acids is 4. The van der Waals surface area contributed by atoms with Crippen molar-refractivity contribution in [2.45, 2.75) is 48.9 Å². The van der Waals surface area contributed by atoms with Crippen molar-refractivity contribution in [3.8, 4) is 0 Å². The largest absolute Gasteiger partial charge is 0.462 e. The second kappa shape index (κ2) is 11.0. The second-order valence-corrected chi connectivity index (χ2v) is 13.0. The average Bonchev–Trinajstić information content (AvgIpc) is 3.66. The first-order valence-corrected chi connectivity index (χ1v) is 15.8. The number of esters is 1. The lowest BCUT2D eigenvalue weighted by molar-refractivity contribution is -0.133. The van der Waals surface area contributed by atoms with Gasteiger partial charge in [0.15, 0.2) is 0 Å². The van der Waals surface area contributed by atoms with Crippen LogP contribution in [0.3, 0.4) is 0 Å². The number of benzene rings is 1. The van der Waals surface area contributed by atoms with Gasteiger partial charge in [0.1, 0.15) is 11.8 Å². The SMILES string of the molecule is CCOC(=O)c1ccc(N2C(=O)C3Sc4c(sc(=O)n4CC(=O)N4CCCCC4)C(c4cccs4)C3C2=O)cc1. The first kappa shape index (κ1) is 27.0. The zero-order valence-corrected chi connectivity index (χ0v) is 24.2. The van der Waals surface area contributed by atoms with Crippen LogP contribution in [0, 0.1) is 5.92 Å². The Bertz CT molecular complexity index is 1520. The van der Waals surface area contributed by atoms with E-state index in [1.54, 1.807) is 36.1 Å². The van der Waals surface area contributed by atoms with Crippen LogP contribution in [0.15, 0.2) is 51.6 Å². The highest BCUT2D eigenvalue weighted by atomic mass is 32.2. The van der Waals surface area contributed by atoms with Gasteiger partial charge >= 0.3 is 10.8 Å². The lowest BCUT2D eigenvalue weighted by Crippen LogP contribution is -2.39. The van der Waals surface area contributed by atoms with Crippen molar-refractivity contribution in [2.75, 3.05) is 24.6 Å². The summed E-state index contributed by atoms with van der Waals surface area (Å²) in [5.41, 5.74) is 0.710. The number of likely N-dealkylation sites (tertiary alicyclic amines) is 1. The molecule has 0 N–H and O–H groups in total. The number of hydrogen-bond donors (Lipinski definition) is 0. The topological polar surface area (TPSA) is 106 Å². The molecule has 40 heavy (non-hydrogen) atoms. The van der Waals surface area contributed by atoms with Gasteiger partial charge in [-0.05, 0) is 61.9 Å². The van der Waals surface area contributed by atoms with Gasteiger partial charge in [-0.2, -0.15) is 0 Å². The van der Waals surface area contributed by atoms with Gasteiger partial charge in [-0.1, -0.05) is 29.2 Å². The van der Waals surface area contributed by atoms with Gasteiger partial charge in [0, 0.05) is 28.8 Å². The molecule has 208 valence electrons. The normalized spacial score (nSPS) is 22.3. The fourth-order valence-corrected chi connectivity index (χ4v) is 9.35. The van der Waals surface area contributed by atoms with E-state index in [1.165, 1.54) is 32.6 Å². The summed E-state index contributed by atoms with van der Waals surface area (Å²) < 4.78 is 6.53. The summed E-state index contributed by atoms with van der Waals surface area (Å²) in [5, 5.41) is 1.77. The van der Waals surface area contributed by atoms with Crippen molar-refractivity contribution >= 4 is 63.8 Å². The molecule has 0 radical (unpaired) electrons. The van der Waals surface area contributed by atoms with Crippen molar-refractivity contribution in [2.24, 2.45) is 5.92 Å². The number of fused-ring (bicyclic) bond motifs is 2. The van der Waals surface area contributed by atoms with Crippen LogP contribution in [0.1, 0.15) is 52.2 Å². The summed E-state index contributed by atoms with van der Waals surface area (Å²) in [6.07, 6.45) is 3.00. The number of rotatable bonds is 6. The van der Waals surface area contributed by atoms with Crippen molar-refractivity contribution in [3.05, 3.63) is 66.8 Å². The Hall–Kier alpha value is -3.22. The number of imide groups is 1. The van der Waals surface area contributed by atoms with Crippen LogP contribution in [0.25, 0.3) is 0 Å². The maximum absolute atomic E-state index is 13.9. The van der Waals surface area contributed by atoms with E-state index in [1.807, 2.05) is 17.5 Å². The molecule has 3 amide bonds. The Morgan fingerprint density at radius 2 is 1.75 bits per heavy atom. The summed E-state index contributed by atoms with van der Waals surface area (Å²) in [6.45, 7) is 3.26. The predicted octanol–water partition coefficient (Wildman–Crippen LogP) is 3.96. The number of amides is 3. The maximum atomic E-state index is 13.9. The van der Waals surface area contributed by atoms with Crippen LogP contribution in [0.4, 0.5) is 5.69 Å². The average molecular weight is 598 g/mol. The molecule has 2 fully saturated rings. The Labute approximate surface area is 242 Å². The first-order valence-electron chi connectivity index (χ1n) is 13.3.